The molecule has 0 bridgehead atoms. The molecule has 5 nitrogen and oxygen atoms in total. The molecule has 1 heterocycles. The maximum absolute atomic E-state index is 12.7. The van der Waals surface area contributed by atoms with Crippen LogP contribution in [0.1, 0.15) is 28.8 Å². The van der Waals surface area contributed by atoms with Gasteiger partial charge in [-0.3, -0.25) is 9.69 Å². The second-order valence-electron chi connectivity index (χ2n) is 6.88. The minimum atomic E-state index is -0.400. The van der Waals surface area contributed by atoms with Crippen LogP contribution in [0.25, 0.3) is 0 Å². The average Bonchev–Trinajstić information content (AvgIpc) is 2.71. The number of benzene rings is 2. The molecule has 2 aromatic carbocycles. The molecule has 1 aliphatic heterocycles. The van der Waals surface area contributed by atoms with Gasteiger partial charge in [-0.25, -0.2) is 4.79 Å². The number of carbonyl (C=O) groups excluding carboxylic acids is 2. The van der Waals surface area contributed by atoms with Crippen molar-refractivity contribution in [1.29, 1.82) is 0 Å². The van der Waals surface area contributed by atoms with Gasteiger partial charge < -0.3 is 10.1 Å². The van der Waals surface area contributed by atoms with Crippen molar-refractivity contribution in [3.8, 4) is 0 Å². The van der Waals surface area contributed by atoms with E-state index in [1.807, 2.05) is 12.1 Å². The fourth-order valence-electron chi connectivity index (χ4n) is 3.36. The summed E-state index contributed by atoms with van der Waals surface area (Å²) >= 11 is 12.1. The van der Waals surface area contributed by atoms with Crippen molar-refractivity contribution in [2.75, 3.05) is 25.5 Å². The molecule has 0 radical (unpaired) electrons. The summed E-state index contributed by atoms with van der Waals surface area (Å²) in [7, 11) is 1.34. The van der Waals surface area contributed by atoms with Gasteiger partial charge in [-0.15, -0.1) is 0 Å². The van der Waals surface area contributed by atoms with E-state index in [2.05, 4.69) is 15.0 Å². The van der Waals surface area contributed by atoms with Crippen LogP contribution in [0.5, 0.6) is 0 Å². The summed E-state index contributed by atoms with van der Waals surface area (Å²) in [6.45, 7) is 2.36. The molecular weight excluding hydrogens is 399 g/mol. The van der Waals surface area contributed by atoms with E-state index in [1.165, 1.54) is 7.11 Å². The number of halogens is 2. The zero-order valence-corrected chi connectivity index (χ0v) is 17.1. The molecule has 1 unspecified atom stereocenters. The number of esters is 1. The summed E-state index contributed by atoms with van der Waals surface area (Å²) in [6, 6.07) is 12.3. The Balaban J connectivity index is 1.58. The molecule has 0 aromatic heterocycles. The van der Waals surface area contributed by atoms with Crippen LogP contribution < -0.4 is 5.32 Å². The Bertz CT molecular complexity index is 855. The first-order chi connectivity index (χ1) is 13.5. The fraction of sp³-hybridized carbons (Fsp3) is 0.333. The van der Waals surface area contributed by atoms with Crippen molar-refractivity contribution in [2.24, 2.45) is 5.92 Å². The summed E-state index contributed by atoms with van der Waals surface area (Å²) in [4.78, 5) is 26.4. The number of piperidine rings is 1. The number of hydrogen-bond donors (Lipinski definition) is 1. The molecule has 1 N–H and O–H groups in total. The number of nitrogens with one attached hydrogen (secondary N) is 1. The summed E-state index contributed by atoms with van der Waals surface area (Å²) in [5, 5.41) is 4.02. The monoisotopic (exact) mass is 420 g/mol. The van der Waals surface area contributed by atoms with Crippen molar-refractivity contribution in [2.45, 2.75) is 19.4 Å². The highest BCUT2D eigenvalue weighted by Gasteiger charge is 2.26. The van der Waals surface area contributed by atoms with Gasteiger partial charge in [0, 0.05) is 18.8 Å². The quantitative estimate of drug-likeness (QED) is 0.716. The maximum Gasteiger partial charge on any atom is 0.337 e. The Morgan fingerprint density at radius 3 is 2.57 bits per heavy atom. The van der Waals surface area contributed by atoms with Gasteiger partial charge in [-0.1, -0.05) is 29.3 Å². The van der Waals surface area contributed by atoms with Crippen molar-refractivity contribution >= 4 is 40.8 Å². The second kappa shape index (κ2) is 9.41. The van der Waals surface area contributed by atoms with Crippen LogP contribution in [0.15, 0.2) is 42.5 Å². The lowest BCUT2D eigenvalue weighted by Crippen LogP contribution is -2.40. The van der Waals surface area contributed by atoms with E-state index in [1.54, 1.807) is 30.3 Å². The number of likely N-dealkylation sites (tertiary alicyclic amines) is 1. The fourth-order valence-corrected chi connectivity index (χ4v) is 3.68. The molecule has 2 aromatic rings. The van der Waals surface area contributed by atoms with Gasteiger partial charge in [0.25, 0.3) is 0 Å². The molecule has 0 saturated carbocycles. The Kier molecular flexibility index (Phi) is 6.94. The number of rotatable bonds is 5. The summed E-state index contributed by atoms with van der Waals surface area (Å²) in [5.74, 6) is -0.496. The van der Waals surface area contributed by atoms with Crippen LogP contribution in [0.3, 0.4) is 0 Å². The molecule has 0 aliphatic carbocycles. The van der Waals surface area contributed by atoms with Crippen LogP contribution >= 0.6 is 23.2 Å². The van der Waals surface area contributed by atoms with Gasteiger partial charge in [-0.2, -0.15) is 0 Å². The molecular formula is C21H22Cl2N2O3. The third-order valence-corrected chi connectivity index (χ3v) is 5.58. The molecule has 148 valence electrons. The third-order valence-electron chi connectivity index (χ3n) is 4.84. The Morgan fingerprint density at radius 1 is 1.14 bits per heavy atom. The highest BCUT2D eigenvalue weighted by molar-refractivity contribution is 6.42. The van der Waals surface area contributed by atoms with E-state index >= 15 is 0 Å². The van der Waals surface area contributed by atoms with E-state index < -0.39 is 5.97 Å². The van der Waals surface area contributed by atoms with E-state index in [0.717, 1.165) is 31.5 Å². The zero-order chi connectivity index (χ0) is 20.1. The number of carbonyl (C=O) groups is 2. The van der Waals surface area contributed by atoms with E-state index in [-0.39, 0.29) is 11.8 Å². The minimum absolute atomic E-state index is 0.00958. The van der Waals surface area contributed by atoms with Crippen LogP contribution in [-0.4, -0.2) is 37.0 Å². The second-order valence-corrected chi connectivity index (χ2v) is 7.70. The predicted molar refractivity (Wildman–Crippen MR) is 111 cm³/mol. The zero-order valence-electron chi connectivity index (χ0n) is 15.6. The first-order valence-electron chi connectivity index (χ1n) is 9.12. The van der Waals surface area contributed by atoms with E-state index in [0.29, 0.717) is 27.8 Å². The third kappa shape index (κ3) is 5.25. The van der Waals surface area contributed by atoms with Crippen molar-refractivity contribution in [3.05, 3.63) is 63.6 Å². The lowest BCUT2D eigenvalue weighted by molar-refractivity contribution is -0.121. The van der Waals surface area contributed by atoms with Crippen molar-refractivity contribution in [1.82, 2.24) is 4.90 Å². The highest BCUT2D eigenvalue weighted by atomic mass is 35.5. The van der Waals surface area contributed by atoms with Crippen LogP contribution in [0.4, 0.5) is 5.69 Å². The van der Waals surface area contributed by atoms with E-state index in [9.17, 15) is 9.59 Å². The normalized spacial score (nSPS) is 17.2. The predicted octanol–water partition coefficient (Wildman–Crippen LogP) is 4.63. The SMILES string of the molecule is COC(=O)c1ccc(NC(=O)C2CCCN(Cc3ccc(Cl)c(Cl)c3)C2)cc1. The van der Waals surface area contributed by atoms with Crippen molar-refractivity contribution in [3.63, 3.8) is 0 Å². The Labute approximate surface area is 174 Å². The number of hydrogen-bond acceptors (Lipinski definition) is 4. The van der Waals surface area contributed by atoms with Crippen molar-refractivity contribution < 1.29 is 14.3 Å². The molecule has 1 atom stereocenters. The first kappa shape index (κ1) is 20.6. The summed E-state index contributed by atoms with van der Waals surface area (Å²) in [5.41, 5.74) is 2.19. The first-order valence-corrected chi connectivity index (χ1v) is 9.87. The smallest absolute Gasteiger partial charge is 0.337 e. The number of ether oxygens (including phenoxy) is 1. The average molecular weight is 421 g/mol. The number of anilines is 1. The van der Waals surface area contributed by atoms with Gasteiger partial charge in [0.05, 0.1) is 28.6 Å². The maximum atomic E-state index is 12.7. The number of nitrogens with zero attached hydrogens (tertiary/aromatic N) is 1. The standard InChI is InChI=1S/C21H22Cl2N2O3/c1-28-21(27)15-5-7-17(8-6-15)24-20(26)16-3-2-10-25(13-16)12-14-4-9-18(22)19(23)11-14/h4-9,11,16H,2-3,10,12-13H2,1H3,(H,24,26). The van der Waals surface area contributed by atoms with Gasteiger partial charge in [0.2, 0.25) is 5.91 Å². The van der Waals surface area contributed by atoms with Crippen LogP contribution in [0, 0.1) is 5.92 Å². The van der Waals surface area contributed by atoms with Crippen LogP contribution in [-0.2, 0) is 16.1 Å². The molecule has 1 fully saturated rings. The van der Waals surface area contributed by atoms with Gasteiger partial charge in [-0.05, 0) is 61.3 Å². The van der Waals surface area contributed by atoms with Crippen LogP contribution in [0.2, 0.25) is 10.0 Å². The molecule has 28 heavy (non-hydrogen) atoms. The minimum Gasteiger partial charge on any atom is -0.465 e. The number of methoxy groups -OCH3 is 1. The Hall–Kier alpha value is -2.08. The lowest BCUT2D eigenvalue weighted by atomic mass is 9.96. The molecule has 1 aliphatic rings. The van der Waals surface area contributed by atoms with Gasteiger partial charge in [0.1, 0.15) is 0 Å². The van der Waals surface area contributed by atoms with E-state index in [4.69, 9.17) is 23.2 Å². The summed E-state index contributed by atoms with van der Waals surface area (Å²) < 4.78 is 4.68. The molecule has 3 rings (SSSR count). The topological polar surface area (TPSA) is 58.6 Å². The largest absolute Gasteiger partial charge is 0.465 e. The molecule has 0 spiro atoms. The number of amides is 1. The van der Waals surface area contributed by atoms with Gasteiger partial charge in [0.15, 0.2) is 0 Å². The molecule has 7 heteroatoms. The Morgan fingerprint density at radius 2 is 1.89 bits per heavy atom. The molecule has 1 saturated heterocycles. The lowest BCUT2D eigenvalue weighted by Gasteiger charge is -2.32. The highest BCUT2D eigenvalue weighted by Crippen LogP contribution is 2.25. The molecule has 1 amide bonds. The van der Waals surface area contributed by atoms with Gasteiger partial charge >= 0.3 is 5.97 Å². The summed E-state index contributed by atoms with van der Waals surface area (Å²) in [6.07, 6.45) is 1.81.